The van der Waals surface area contributed by atoms with Crippen LogP contribution >= 0.6 is 0 Å². The summed E-state index contributed by atoms with van der Waals surface area (Å²) >= 11 is 0. The van der Waals surface area contributed by atoms with E-state index in [2.05, 4.69) is 49.6 Å². The van der Waals surface area contributed by atoms with Gasteiger partial charge < -0.3 is 10.2 Å². The number of hydrogen-bond acceptors (Lipinski definition) is 5. The van der Waals surface area contributed by atoms with Crippen molar-refractivity contribution in [2.24, 2.45) is 0 Å². The van der Waals surface area contributed by atoms with Crippen LogP contribution in [0.3, 0.4) is 0 Å². The Morgan fingerprint density at radius 2 is 1.81 bits per heavy atom. The second kappa shape index (κ2) is 8.76. The van der Waals surface area contributed by atoms with Crippen molar-refractivity contribution in [1.82, 2.24) is 20.4 Å². The third kappa shape index (κ3) is 4.79. The second-order valence-corrected chi connectivity index (χ2v) is 6.81. The average molecular weight is 353 g/mol. The van der Waals surface area contributed by atoms with Crippen LogP contribution in [0.5, 0.6) is 0 Å². The van der Waals surface area contributed by atoms with Crippen LogP contribution in [0.4, 0.5) is 5.82 Å². The lowest BCUT2D eigenvalue weighted by molar-refractivity contribution is 0.0933. The minimum absolute atomic E-state index is 0.140. The Morgan fingerprint density at radius 3 is 2.42 bits per heavy atom. The zero-order valence-electron chi connectivity index (χ0n) is 15.6. The number of nitrogens with zero attached hydrogens (tertiary/aromatic N) is 4. The van der Waals surface area contributed by atoms with Crippen molar-refractivity contribution in [3.8, 4) is 0 Å². The van der Waals surface area contributed by atoms with Gasteiger partial charge in [-0.25, -0.2) is 0 Å². The van der Waals surface area contributed by atoms with Crippen molar-refractivity contribution in [3.05, 3.63) is 53.7 Å². The van der Waals surface area contributed by atoms with E-state index in [-0.39, 0.29) is 11.9 Å². The van der Waals surface area contributed by atoms with Gasteiger partial charge in [-0.3, -0.25) is 9.69 Å². The summed E-state index contributed by atoms with van der Waals surface area (Å²) in [6.45, 7) is 8.82. The predicted octanol–water partition coefficient (Wildman–Crippen LogP) is 2.33. The number of carbonyl (C=O) groups is 1. The number of benzene rings is 1. The lowest BCUT2D eigenvalue weighted by atomic mass is 10.2. The maximum Gasteiger partial charge on any atom is 0.272 e. The lowest BCUT2D eigenvalue weighted by Crippen LogP contribution is -2.46. The van der Waals surface area contributed by atoms with Crippen LogP contribution in [0.2, 0.25) is 0 Å². The van der Waals surface area contributed by atoms with E-state index >= 15 is 0 Å². The first-order valence-electron chi connectivity index (χ1n) is 9.31. The fourth-order valence-electron chi connectivity index (χ4n) is 2.99. The molecule has 1 N–H and O–H groups in total. The third-order valence-corrected chi connectivity index (χ3v) is 4.82. The van der Waals surface area contributed by atoms with Crippen molar-refractivity contribution in [1.29, 1.82) is 0 Å². The number of nitrogens with one attached hydrogen (secondary N) is 1. The van der Waals surface area contributed by atoms with Crippen LogP contribution in [-0.2, 0) is 6.54 Å². The fourth-order valence-corrected chi connectivity index (χ4v) is 2.99. The topological polar surface area (TPSA) is 61.4 Å². The Labute approximate surface area is 155 Å². The lowest BCUT2D eigenvalue weighted by Gasteiger charge is -2.35. The monoisotopic (exact) mass is 353 g/mol. The fraction of sp³-hybridized carbons (Fsp3) is 0.450. The van der Waals surface area contributed by atoms with Crippen molar-refractivity contribution in [3.63, 3.8) is 0 Å². The van der Waals surface area contributed by atoms with E-state index in [0.717, 1.165) is 45.0 Å². The highest BCUT2D eigenvalue weighted by molar-refractivity contribution is 5.92. The molecule has 1 atom stereocenters. The summed E-state index contributed by atoms with van der Waals surface area (Å²) in [4.78, 5) is 16.8. The Morgan fingerprint density at radius 1 is 1.08 bits per heavy atom. The highest BCUT2D eigenvalue weighted by Gasteiger charge is 2.19. The van der Waals surface area contributed by atoms with Gasteiger partial charge in [0.25, 0.3) is 5.91 Å². The van der Waals surface area contributed by atoms with Crippen molar-refractivity contribution in [2.75, 3.05) is 31.1 Å². The first-order chi connectivity index (χ1) is 12.7. The van der Waals surface area contributed by atoms with Gasteiger partial charge >= 0.3 is 0 Å². The van der Waals surface area contributed by atoms with Crippen molar-refractivity contribution >= 4 is 11.7 Å². The molecule has 0 radical (unpaired) electrons. The molecule has 3 rings (SSSR count). The van der Waals surface area contributed by atoms with Gasteiger partial charge in [-0.15, -0.1) is 10.2 Å². The first kappa shape index (κ1) is 18.3. The summed E-state index contributed by atoms with van der Waals surface area (Å²) in [7, 11) is 0. The third-order valence-electron chi connectivity index (χ3n) is 4.82. The van der Waals surface area contributed by atoms with E-state index < -0.39 is 0 Å². The predicted molar refractivity (Wildman–Crippen MR) is 103 cm³/mol. The van der Waals surface area contributed by atoms with Gasteiger partial charge in [0.2, 0.25) is 0 Å². The molecule has 0 saturated carbocycles. The Hall–Kier alpha value is -2.47. The minimum atomic E-state index is -0.161. The quantitative estimate of drug-likeness (QED) is 0.864. The highest BCUT2D eigenvalue weighted by atomic mass is 16.2. The van der Waals surface area contributed by atoms with Gasteiger partial charge in [0, 0.05) is 38.8 Å². The van der Waals surface area contributed by atoms with E-state index in [0.29, 0.717) is 5.69 Å². The standard InChI is InChI=1S/C20H27N5O/c1-3-16(2)21-20(26)18-9-10-19(23-22-18)25-13-11-24(12-14-25)15-17-7-5-4-6-8-17/h4-10,16H,3,11-15H2,1-2H3,(H,21,26). The number of aromatic nitrogens is 2. The van der Waals surface area contributed by atoms with E-state index in [1.54, 1.807) is 6.07 Å². The zero-order valence-corrected chi connectivity index (χ0v) is 15.6. The number of hydrogen-bond donors (Lipinski definition) is 1. The summed E-state index contributed by atoms with van der Waals surface area (Å²) in [5.41, 5.74) is 1.72. The van der Waals surface area contributed by atoms with Crippen LogP contribution in [0.15, 0.2) is 42.5 Å². The molecule has 1 aromatic carbocycles. The molecule has 1 amide bonds. The van der Waals surface area contributed by atoms with Crippen LogP contribution in [0.1, 0.15) is 36.3 Å². The Bertz CT molecular complexity index is 696. The molecule has 0 bridgehead atoms. The molecule has 6 heteroatoms. The largest absolute Gasteiger partial charge is 0.353 e. The van der Waals surface area contributed by atoms with Gasteiger partial charge in [0.15, 0.2) is 11.5 Å². The van der Waals surface area contributed by atoms with Gasteiger partial charge in [-0.05, 0) is 31.0 Å². The molecule has 1 fully saturated rings. The maximum atomic E-state index is 12.1. The molecule has 2 heterocycles. The van der Waals surface area contributed by atoms with E-state index in [1.165, 1.54) is 5.56 Å². The van der Waals surface area contributed by atoms with Gasteiger partial charge in [-0.1, -0.05) is 37.3 Å². The number of carbonyl (C=O) groups excluding carboxylic acids is 1. The molecule has 1 aliphatic rings. The molecule has 1 unspecified atom stereocenters. The molecular weight excluding hydrogens is 326 g/mol. The first-order valence-corrected chi connectivity index (χ1v) is 9.31. The molecule has 0 spiro atoms. The van der Waals surface area contributed by atoms with Crippen LogP contribution in [0.25, 0.3) is 0 Å². The van der Waals surface area contributed by atoms with Crippen LogP contribution < -0.4 is 10.2 Å². The molecule has 2 aromatic rings. The molecule has 1 aromatic heterocycles. The van der Waals surface area contributed by atoms with E-state index in [9.17, 15) is 4.79 Å². The molecule has 1 saturated heterocycles. The van der Waals surface area contributed by atoms with Crippen molar-refractivity contribution in [2.45, 2.75) is 32.9 Å². The summed E-state index contributed by atoms with van der Waals surface area (Å²) in [6, 6.07) is 14.3. The van der Waals surface area contributed by atoms with Gasteiger partial charge in [-0.2, -0.15) is 0 Å². The number of anilines is 1. The van der Waals surface area contributed by atoms with Crippen LogP contribution in [0, 0.1) is 0 Å². The normalized spacial score (nSPS) is 16.3. The Kier molecular flexibility index (Phi) is 6.17. The number of rotatable bonds is 6. The summed E-state index contributed by atoms with van der Waals surface area (Å²) in [5.74, 6) is 0.676. The summed E-state index contributed by atoms with van der Waals surface area (Å²) in [6.07, 6.45) is 0.893. The van der Waals surface area contributed by atoms with Crippen molar-refractivity contribution < 1.29 is 4.79 Å². The van der Waals surface area contributed by atoms with Gasteiger partial charge in [0.05, 0.1) is 0 Å². The number of amides is 1. The second-order valence-electron chi connectivity index (χ2n) is 6.81. The molecule has 26 heavy (non-hydrogen) atoms. The molecule has 6 nitrogen and oxygen atoms in total. The average Bonchev–Trinajstić information content (AvgIpc) is 2.69. The molecule has 1 aliphatic heterocycles. The summed E-state index contributed by atoms with van der Waals surface area (Å²) < 4.78 is 0. The van der Waals surface area contributed by atoms with Crippen LogP contribution in [-0.4, -0.2) is 53.2 Å². The zero-order chi connectivity index (χ0) is 18.4. The molecular formula is C20H27N5O. The van der Waals surface area contributed by atoms with E-state index in [1.807, 2.05) is 26.0 Å². The summed E-state index contributed by atoms with van der Waals surface area (Å²) in [5, 5.41) is 11.3. The Balaban J connectivity index is 1.52. The van der Waals surface area contributed by atoms with Gasteiger partial charge in [0.1, 0.15) is 0 Å². The number of piperazine rings is 1. The molecule has 0 aliphatic carbocycles. The highest BCUT2D eigenvalue weighted by Crippen LogP contribution is 2.14. The SMILES string of the molecule is CCC(C)NC(=O)c1ccc(N2CCN(Cc3ccccc3)CC2)nn1. The minimum Gasteiger partial charge on any atom is -0.353 e. The maximum absolute atomic E-state index is 12.1. The van der Waals surface area contributed by atoms with E-state index in [4.69, 9.17) is 0 Å². The molecule has 138 valence electrons. The smallest absolute Gasteiger partial charge is 0.272 e.